The summed E-state index contributed by atoms with van der Waals surface area (Å²) >= 11 is 2.09. The first-order valence-electron chi connectivity index (χ1n) is 3.38. The molecule has 1 amide bonds. The van der Waals surface area contributed by atoms with E-state index < -0.39 is 6.09 Å². The number of hydrogen-bond donors (Lipinski definition) is 2. The molecule has 0 radical (unpaired) electrons. The second kappa shape index (κ2) is 2.61. The summed E-state index contributed by atoms with van der Waals surface area (Å²) in [6, 6.07) is 0. The molecule has 2 heterocycles. The van der Waals surface area contributed by atoms with Crippen molar-refractivity contribution in [2.45, 2.75) is 13.1 Å². The maximum absolute atomic E-state index is 10.6. The molecule has 12 heavy (non-hydrogen) atoms. The molecule has 6 heteroatoms. The molecule has 2 rings (SSSR count). The average molecular weight is 279 g/mol. The summed E-state index contributed by atoms with van der Waals surface area (Å²) in [5.74, 6) is 0. The average Bonchev–Trinajstić information content (AvgIpc) is 2.53. The fourth-order valence-corrected chi connectivity index (χ4v) is 1.86. The maximum atomic E-state index is 10.6. The third-order valence-electron chi connectivity index (χ3n) is 1.87. The summed E-state index contributed by atoms with van der Waals surface area (Å²) in [6.07, 6.45) is -0.879. The van der Waals surface area contributed by atoms with E-state index in [0.717, 1.165) is 15.0 Å². The molecule has 0 aromatic carbocycles. The summed E-state index contributed by atoms with van der Waals surface area (Å²) < 4.78 is 0.867. The molecule has 1 aliphatic rings. The number of carbonyl (C=O) groups is 1. The van der Waals surface area contributed by atoms with E-state index in [1.807, 2.05) is 0 Å². The van der Waals surface area contributed by atoms with Crippen LogP contribution in [-0.4, -0.2) is 26.3 Å². The molecule has 0 aliphatic carbocycles. The van der Waals surface area contributed by atoms with Gasteiger partial charge in [0.05, 0.1) is 18.8 Å². The van der Waals surface area contributed by atoms with Crippen LogP contribution in [0.25, 0.3) is 0 Å². The van der Waals surface area contributed by atoms with Crippen molar-refractivity contribution in [1.82, 2.24) is 15.1 Å². The summed E-state index contributed by atoms with van der Waals surface area (Å²) in [7, 11) is 0. The van der Waals surface area contributed by atoms with Gasteiger partial charge in [0.15, 0.2) is 0 Å². The number of amides is 1. The quantitative estimate of drug-likeness (QED) is 0.696. The smallest absolute Gasteiger partial charge is 0.407 e. The summed E-state index contributed by atoms with van der Waals surface area (Å²) in [5.41, 5.74) is 1.93. The normalized spacial score (nSPS) is 14.9. The minimum Gasteiger partial charge on any atom is -0.465 e. The molecular formula is C6H6IN3O2. The summed E-state index contributed by atoms with van der Waals surface area (Å²) in [5, 5.41) is 15.5. The molecule has 0 spiro atoms. The van der Waals surface area contributed by atoms with Gasteiger partial charge in [-0.05, 0) is 22.6 Å². The molecule has 0 unspecified atom stereocenters. The van der Waals surface area contributed by atoms with E-state index in [9.17, 15) is 4.79 Å². The van der Waals surface area contributed by atoms with Gasteiger partial charge in [0.1, 0.15) is 3.70 Å². The van der Waals surface area contributed by atoms with Gasteiger partial charge in [0.25, 0.3) is 0 Å². The van der Waals surface area contributed by atoms with E-state index in [-0.39, 0.29) is 0 Å². The predicted molar refractivity (Wildman–Crippen MR) is 48.6 cm³/mol. The number of carboxylic acid groups (broad SMARTS) is 1. The topological polar surface area (TPSA) is 69.2 Å². The van der Waals surface area contributed by atoms with Crippen molar-refractivity contribution in [3.05, 3.63) is 15.0 Å². The zero-order chi connectivity index (χ0) is 8.72. The second-order valence-electron chi connectivity index (χ2n) is 2.61. The molecule has 0 atom stereocenters. The van der Waals surface area contributed by atoms with E-state index in [0.29, 0.717) is 13.1 Å². The van der Waals surface area contributed by atoms with Crippen LogP contribution in [0.15, 0.2) is 0 Å². The third kappa shape index (κ3) is 1.06. The molecule has 0 saturated carbocycles. The Morgan fingerprint density at radius 2 is 2.42 bits per heavy atom. The van der Waals surface area contributed by atoms with Crippen LogP contribution in [0.1, 0.15) is 11.3 Å². The Morgan fingerprint density at radius 1 is 1.67 bits per heavy atom. The van der Waals surface area contributed by atoms with Crippen LogP contribution in [-0.2, 0) is 13.1 Å². The standard InChI is InChI=1S/C6H6IN3O2/c7-5-3-1-10(6(11)12)2-4(3)8-9-5/h1-2H2,(H,8,9)(H,11,12). The lowest BCUT2D eigenvalue weighted by Crippen LogP contribution is -2.23. The Morgan fingerprint density at radius 3 is 3.00 bits per heavy atom. The van der Waals surface area contributed by atoms with E-state index in [2.05, 4.69) is 32.8 Å². The molecular weight excluding hydrogens is 273 g/mol. The number of fused-ring (bicyclic) bond motifs is 1. The zero-order valence-electron chi connectivity index (χ0n) is 6.04. The number of H-pyrrole nitrogens is 1. The van der Waals surface area contributed by atoms with Gasteiger partial charge in [0, 0.05) is 5.56 Å². The number of hydrogen-bond acceptors (Lipinski definition) is 2. The van der Waals surface area contributed by atoms with Gasteiger partial charge in [-0.1, -0.05) is 0 Å². The summed E-state index contributed by atoms with van der Waals surface area (Å²) in [6.45, 7) is 0.889. The fraction of sp³-hybridized carbons (Fsp3) is 0.333. The molecule has 64 valence electrons. The minimum absolute atomic E-state index is 0.431. The van der Waals surface area contributed by atoms with Crippen molar-refractivity contribution < 1.29 is 9.90 Å². The van der Waals surface area contributed by atoms with Crippen molar-refractivity contribution in [2.24, 2.45) is 0 Å². The van der Waals surface area contributed by atoms with Gasteiger partial charge in [0.2, 0.25) is 0 Å². The van der Waals surface area contributed by atoms with Gasteiger partial charge >= 0.3 is 6.09 Å². The first-order valence-corrected chi connectivity index (χ1v) is 4.46. The maximum Gasteiger partial charge on any atom is 0.407 e. The van der Waals surface area contributed by atoms with Crippen molar-refractivity contribution in [3.63, 3.8) is 0 Å². The second-order valence-corrected chi connectivity index (χ2v) is 3.63. The molecule has 0 fully saturated rings. The third-order valence-corrected chi connectivity index (χ3v) is 2.76. The van der Waals surface area contributed by atoms with Gasteiger partial charge in [-0.3, -0.25) is 10.00 Å². The molecule has 2 N–H and O–H groups in total. The monoisotopic (exact) mass is 279 g/mol. The lowest BCUT2D eigenvalue weighted by Gasteiger charge is -2.08. The van der Waals surface area contributed by atoms with Crippen molar-refractivity contribution in [1.29, 1.82) is 0 Å². The SMILES string of the molecule is O=C(O)N1Cc2[nH]nc(I)c2C1. The van der Waals surface area contributed by atoms with Crippen molar-refractivity contribution >= 4 is 28.7 Å². The molecule has 0 bridgehead atoms. The Balaban J connectivity index is 2.28. The number of nitrogens with zero attached hydrogens (tertiary/aromatic N) is 2. The predicted octanol–water partition coefficient (Wildman–Crippen LogP) is 1.01. The Bertz CT molecular complexity index is 336. The van der Waals surface area contributed by atoms with Crippen LogP contribution >= 0.6 is 22.6 Å². The highest BCUT2D eigenvalue weighted by molar-refractivity contribution is 14.1. The highest BCUT2D eigenvalue weighted by Crippen LogP contribution is 2.24. The number of nitrogens with one attached hydrogen (secondary N) is 1. The number of rotatable bonds is 0. The molecule has 1 aromatic rings. The lowest BCUT2D eigenvalue weighted by atomic mass is 10.3. The van der Waals surface area contributed by atoms with Crippen LogP contribution in [0.2, 0.25) is 0 Å². The first kappa shape index (κ1) is 7.84. The van der Waals surface area contributed by atoms with E-state index in [4.69, 9.17) is 5.11 Å². The van der Waals surface area contributed by atoms with Crippen LogP contribution < -0.4 is 0 Å². The van der Waals surface area contributed by atoms with Crippen LogP contribution in [0, 0.1) is 3.70 Å². The van der Waals surface area contributed by atoms with Gasteiger partial charge in [-0.25, -0.2) is 4.79 Å². The molecule has 5 nitrogen and oxygen atoms in total. The Hall–Kier alpha value is -0.790. The van der Waals surface area contributed by atoms with Crippen molar-refractivity contribution in [2.75, 3.05) is 0 Å². The number of halogens is 1. The van der Waals surface area contributed by atoms with Crippen LogP contribution in [0.4, 0.5) is 4.79 Å². The van der Waals surface area contributed by atoms with Crippen molar-refractivity contribution in [3.8, 4) is 0 Å². The largest absolute Gasteiger partial charge is 0.465 e. The molecule has 0 saturated heterocycles. The highest BCUT2D eigenvalue weighted by atomic mass is 127. The molecule has 1 aliphatic heterocycles. The van der Waals surface area contributed by atoms with Gasteiger partial charge in [-0.2, -0.15) is 5.10 Å². The first-order chi connectivity index (χ1) is 5.68. The van der Waals surface area contributed by atoms with Crippen LogP contribution in [0.5, 0.6) is 0 Å². The lowest BCUT2D eigenvalue weighted by molar-refractivity contribution is 0.144. The van der Waals surface area contributed by atoms with E-state index >= 15 is 0 Å². The van der Waals surface area contributed by atoms with Gasteiger partial charge in [-0.15, -0.1) is 0 Å². The Labute approximate surface area is 81.9 Å². The fourth-order valence-electron chi connectivity index (χ4n) is 1.24. The highest BCUT2D eigenvalue weighted by Gasteiger charge is 2.26. The van der Waals surface area contributed by atoms with Crippen LogP contribution in [0.3, 0.4) is 0 Å². The zero-order valence-corrected chi connectivity index (χ0v) is 8.20. The van der Waals surface area contributed by atoms with E-state index in [1.165, 1.54) is 4.90 Å². The Kier molecular flexibility index (Phi) is 1.71. The number of aromatic amines is 1. The number of aromatic nitrogens is 2. The summed E-state index contributed by atoms with van der Waals surface area (Å²) in [4.78, 5) is 11.9. The van der Waals surface area contributed by atoms with E-state index in [1.54, 1.807) is 0 Å². The van der Waals surface area contributed by atoms with Gasteiger partial charge < -0.3 is 5.11 Å². The molecule has 1 aromatic heterocycles. The minimum atomic E-state index is -0.879.